The van der Waals surface area contributed by atoms with E-state index in [1.54, 1.807) is 30.3 Å². The molecule has 0 spiro atoms. The third-order valence-corrected chi connectivity index (χ3v) is 3.60. The highest BCUT2D eigenvalue weighted by Gasteiger charge is 2.19. The smallest absolute Gasteiger partial charge is 0.328 e. The number of amides is 2. The second-order valence-corrected chi connectivity index (χ2v) is 5.75. The van der Waals surface area contributed by atoms with Crippen molar-refractivity contribution in [3.63, 3.8) is 0 Å². The molecule has 2 aromatic carbocycles. The third kappa shape index (κ3) is 5.56. The van der Waals surface area contributed by atoms with Crippen LogP contribution in [0.2, 0.25) is 5.02 Å². The summed E-state index contributed by atoms with van der Waals surface area (Å²) in [5, 5.41) is 4.89. The van der Waals surface area contributed by atoms with Crippen molar-refractivity contribution in [3.05, 3.63) is 64.9 Å². The molecule has 8 heteroatoms. The molecule has 0 radical (unpaired) electrons. The van der Waals surface area contributed by atoms with Crippen molar-refractivity contribution < 1.29 is 23.5 Å². The van der Waals surface area contributed by atoms with Gasteiger partial charge in [-0.25, -0.2) is 9.18 Å². The minimum Gasteiger partial charge on any atom is -0.454 e. The predicted molar refractivity (Wildman–Crippen MR) is 94.4 cm³/mol. The number of anilines is 1. The van der Waals surface area contributed by atoms with Crippen molar-refractivity contribution in [2.24, 2.45) is 0 Å². The van der Waals surface area contributed by atoms with Gasteiger partial charge in [0.2, 0.25) is 0 Å². The maximum absolute atomic E-state index is 13.0. The Balaban J connectivity index is 1.81. The van der Waals surface area contributed by atoms with Gasteiger partial charge in [-0.2, -0.15) is 0 Å². The molecule has 0 heterocycles. The normalized spacial score (nSPS) is 11.3. The average molecular weight is 379 g/mol. The number of esters is 1. The summed E-state index contributed by atoms with van der Waals surface area (Å²) in [7, 11) is 0. The second kappa shape index (κ2) is 8.96. The molecule has 0 aromatic heterocycles. The fourth-order valence-electron chi connectivity index (χ4n) is 1.97. The molecule has 2 amide bonds. The second-order valence-electron chi connectivity index (χ2n) is 5.34. The van der Waals surface area contributed by atoms with Crippen LogP contribution in [0.5, 0.6) is 0 Å². The van der Waals surface area contributed by atoms with Crippen LogP contribution in [-0.2, 0) is 14.3 Å². The number of rotatable bonds is 6. The molecule has 0 saturated carbocycles. The highest BCUT2D eigenvalue weighted by Crippen LogP contribution is 2.22. The summed E-state index contributed by atoms with van der Waals surface area (Å²) >= 11 is 5.79. The van der Waals surface area contributed by atoms with Gasteiger partial charge >= 0.3 is 5.97 Å². The van der Waals surface area contributed by atoms with Gasteiger partial charge in [0.05, 0.1) is 10.7 Å². The first-order valence-electron chi connectivity index (χ1n) is 7.64. The molecular formula is C18H16ClFN2O4. The van der Waals surface area contributed by atoms with Gasteiger partial charge in [-0.1, -0.05) is 29.8 Å². The number of hydrogen-bond donors (Lipinski definition) is 2. The molecule has 6 nitrogen and oxygen atoms in total. The highest BCUT2D eigenvalue weighted by molar-refractivity contribution is 6.33. The summed E-state index contributed by atoms with van der Waals surface area (Å²) in [6.45, 7) is 0.871. The summed E-state index contributed by atoms with van der Waals surface area (Å²) in [5.41, 5.74) is 0.593. The lowest BCUT2D eigenvalue weighted by Gasteiger charge is -2.13. The molecule has 0 fully saturated rings. The van der Waals surface area contributed by atoms with Crippen LogP contribution >= 0.6 is 11.6 Å². The quantitative estimate of drug-likeness (QED) is 0.757. The van der Waals surface area contributed by atoms with E-state index in [1.165, 1.54) is 13.0 Å². The lowest BCUT2D eigenvalue weighted by Crippen LogP contribution is -2.40. The average Bonchev–Trinajstić information content (AvgIpc) is 2.62. The molecule has 0 aliphatic heterocycles. The summed E-state index contributed by atoms with van der Waals surface area (Å²) in [6.07, 6.45) is 0. The molecule has 1 atom stereocenters. The van der Waals surface area contributed by atoms with Crippen molar-refractivity contribution in [3.8, 4) is 0 Å². The molecule has 136 valence electrons. The lowest BCUT2D eigenvalue weighted by atomic mass is 10.2. The number of benzene rings is 2. The first-order chi connectivity index (χ1) is 12.4. The summed E-state index contributed by atoms with van der Waals surface area (Å²) in [4.78, 5) is 35.6. The van der Waals surface area contributed by atoms with Gasteiger partial charge in [-0.15, -0.1) is 0 Å². The zero-order valence-electron chi connectivity index (χ0n) is 13.8. The predicted octanol–water partition coefficient (Wildman–Crippen LogP) is 2.78. The first-order valence-corrected chi connectivity index (χ1v) is 8.02. The standard InChI is InChI=1S/C18H16ClFN2O4/c1-11(21-17(24)12-5-3-2-4-6-12)18(25)26-10-16(23)22-15-8-7-13(20)9-14(15)19/h2-9,11H,10H2,1H3,(H,21,24)(H,22,23)/t11-/m1/s1. The van der Waals surface area contributed by atoms with Gasteiger partial charge in [0.1, 0.15) is 11.9 Å². The molecule has 0 unspecified atom stereocenters. The monoisotopic (exact) mass is 378 g/mol. The van der Waals surface area contributed by atoms with E-state index in [9.17, 15) is 18.8 Å². The Morgan fingerprint density at radius 3 is 2.50 bits per heavy atom. The maximum atomic E-state index is 13.0. The van der Waals surface area contributed by atoms with E-state index in [2.05, 4.69) is 10.6 Å². The Kier molecular flexibility index (Phi) is 6.68. The Bertz CT molecular complexity index is 814. The molecule has 0 aliphatic carbocycles. The van der Waals surface area contributed by atoms with Crippen molar-refractivity contribution in [2.75, 3.05) is 11.9 Å². The highest BCUT2D eigenvalue weighted by atomic mass is 35.5. The molecule has 0 saturated heterocycles. The van der Waals surface area contributed by atoms with Gasteiger partial charge in [-0.05, 0) is 37.3 Å². The summed E-state index contributed by atoms with van der Waals surface area (Å²) < 4.78 is 17.8. The van der Waals surface area contributed by atoms with Gasteiger partial charge in [-0.3, -0.25) is 9.59 Å². The maximum Gasteiger partial charge on any atom is 0.328 e. The first kappa shape index (κ1) is 19.4. The van der Waals surface area contributed by atoms with Crippen LogP contribution in [-0.4, -0.2) is 30.4 Å². The van der Waals surface area contributed by atoms with Crippen LogP contribution in [0.15, 0.2) is 48.5 Å². The van der Waals surface area contributed by atoms with Crippen LogP contribution in [0.25, 0.3) is 0 Å². The van der Waals surface area contributed by atoms with Crippen LogP contribution in [0, 0.1) is 5.82 Å². The topological polar surface area (TPSA) is 84.5 Å². The third-order valence-electron chi connectivity index (χ3n) is 3.29. The zero-order chi connectivity index (χ0) is 19.1. The zero-order valence-corrected chi connectivity index (χ0v) is 14.5. The molecule has 26 heavy (non-hydrogen) atoms. The van der Waals surface area contributed by atoms with Gasteiger partial charge in [0.15, 0.2) is 6.61 Å². The van der Waals surface area contributed by atoms with Crippen LogP contribution in [0.4, 0.5) is 10.1 Å². The summed E-state index contributed by atoms with van der Waals surface area (Å²) in [5.74, 6) is -2.39. The van der Waals surface area contributed by atoms with E-state index < -0.39 is 36.2 Å². The fraction of sp³-hybridized carbons (Fsp3) is 0.167. The van der Waals surface area contributed by atoms with Crippen molar-refractivity contribution in [2.45, 2.75) is 13.0 Å². The van der Waals surface area contributed by atoms with Crippen molar-refractivity contribution >= 4 is 35.1 Å². The largest absolute Gasteiger partial charge is 0.454 e. The minimum absolute atomic E-state index is 0.0215. The van der Waals surface area contributed by atoms with Crippen molar-refractivity contribution in [1.29, 1.82) is 0 Å². The Hall–Kier alpha value is -2.93. The summed E-state index contributed by atoms with van der Waals surface area (Å²) in [6, 6.07) is 10.9. The number of hydrogen-bond acceptors (Lipinski definition) is 4. The van der Waals surface area contributed by atoms with E-state index >= 15 is 0 Å². The van der Waals surface area contributed by atoms with Gasteiger partial charge in [0, 0.05) is 5.56 Å². The SMILES string of the molecule is C[C@@H](NC(=O)c1ccccc1)C(=O)OCC(=O)Nc1ccc(F)cc1Cl. The van der Waals surface area contributed by atoms with Crippen LogP contribution in [0.3, 0.4) is 0 Å². The molecule has 2 N–H and O–H groups in total. The molecule has 2 aromatic rings. The Morgan fingerprint density at radius 1 is 1.15 bits per heavy atom. The van der Waals surface area contributed by atoms with E-state index in [0.717, 1.165) is 12.1 Å². The van der Waals surface area contributed by atoms with E-state index in [0.29, 0.717) is 5.56 Å². The van der Waals surface area contributed by atoms with E-state index in [-0.39, 0.29) is 10.7 Å². The van der Waals surface area contributed by atoms with Crippen LogP contribution < -0.4 is 10.6 Å². The molecule has 2 rings (SSSR count). The van der Waals surface area contributed by atoms with Crippen LogP contribution in [0.1, 0.15) is 17.3 Å². The number of nitrogens with one attached hydrogen (secondary N) is 2. The molecular weight excluding hydrogens is 363 g/mol. The number of carbonyl (C=O) groups excluding carboxylic acids is 3. The number of ether oxygens (including phenoxy) is 1. The van der Waals surface area contributed by atoms with Gasteiger partial charge < -0.3 is 15.4 Å². The number of halogens is 2. The lowest BCUT2D eigenvalue weighted by molar-refractivity contribution is -0.148. The Morgan fingerprint density at radius 2 is 1.85 bits per heavy atom. The molecule has 0 bridgehead atoms. The van der Waals surface area contributed by atoms with E-state index in [1.807, 2.05) is 0 Å². The van der Waals surface area contributed by atoms with E-state index in [4.69, 9.17) is 16.3 Å². The fourth-order valence-corrected chi connectivity index (χ4v) is 2.18. The minimum atomic E-state index is -0.940. The van der Waals surface area contributed by atoms with Crippen molar-refractivity contribution in [1.82, 2.24) is 5.32 Å². The molecule has 0 aliphatic rings. The number of carbonyl (C=O) groups is 3. The Labute approximate surface area is 154 Å². The van der Waals surface area contributed by atoms with Gasteiger partial charge in [0.25, 0.3) is 11.8 Å².